The number of rotatable bonds is 7. The summed E-state index contributed by atoms with van der Waals surface area (Å²) < 4.78 is 37.7. The quantitative estimate of drug-likeness (QED) is 0.792. The van der Waals surface area contributed by atoms with Crippen molar-refractivity contribution in [2.45, 2.75) is 19.4 Å². The minimum absolute atomic E-state index is 0.252. The lowest BCUT2D eigenvalue weighted by Gasteiger charge is -2.14. The highest BCUT2D eigenvalue weighted by molar-refractivity contribution is 7.88. The first-order valence-corrected chi connectivity index (χ1v) is 9.73. The fraction of sp³-hybridized carbons (Fsp3) is 0.278. The molecule has 2 aromatic rings. The minimum Gasteiger partial charge on any atom is -0.346 e. The fourth-order valence-corrected chi connectivity index (χ4v) is 2.82. The number of nitrogens with one attached hydrogen (secondary N) is 2. The van der Waals surface area contributed by atoms with Crippen molar-refractivity contribution in [1.82, 2.24) is 10.0 Å². The third kappa shape index (κ3) is 6.28. The Bertz CT molecular complexity index is 836. The van der Waals surface area contributed by atoms with Crippen molar-refractivity contribution in [3.05, 3.63) is 71.0 Å². The van der Waals surface area contributed by atoms with E-state index in [1.165, 1.54) is 12.1 Å². The molecule has 2 rings (SSSR count). The Morgan fingerprint density at radius 2 is 1.84 bits per heavy atom. The number of benzene rings is 2. The van der Waals surface area contributed by atoms with Gasteiger partial charge in [0.25, 0.3) is 5.91 Å². The van der Waals surface area contributed by atoms with Crippen LogP contribution in [-0.4, -0.2) is 27.1 Å². The molecule has 0 unspecified atom stereocenters. The number of hydrogen-bond acceptors (Lipinski definition) is 3. The Morgan fingerprint density at radius 3 is 2.44 bits per heavy atom. The molecule has 25 heavy (non-hydrogen) atoms. The summed E-state index contributed by atoms with van der Waals surface area (Å²) in [5.41, 5.74) is 2.10. The Kier molecular flexibility index (Phi) is 6.27. The molecule has 0 aliphatic rings. The van der Waals surface area contributed by atoms with E-state index in [9.17, 15) is 17.6 Å². The standard InChI is InChI=1S/C18H21FN2O3S/c1-13(16-4-3-5-17(19)12-16)21-18(22)15-8-6-14(7-9-15)10-11-20-25(2,23)24/h3-9,12-13,20H,10-11H2,1-2H3,(H,21,22)/t13-/m0/s1. The van der Waals surface area contributed by atoms with Gasteiger partial charge in [0.15, 0.2) is 0 Å². The predicted molar refractivity (Wildman–Crippen MR) is 95.3 cm³/mol. The van der Waals surface area contributed by atoms with E-state index in [0.717, 1.165) is 11.8 Å². The fourth-order valence-electron chi connectivity index (χ4n) is 2.34. The second-order valence-corrected chi connectivity index (χ2v) is 7.70. The van der Waals surface area contributed by atoms with Crippen molar-refractivity contribution in [1.29, 1.82) is 0 Å². The van der Waals surface area contributed by atoms with Crippen molar-refractivity contribution in [3.8, 4) is 0 Å². The Hall–Kier alpha value is -2.25. The predicted octanol–water partition coefficient (Wildman–Crippen LogP) is 2.41. The highest BCUT2D eigenvalue weighted by Gasteiger charge is 2.12. The average Bonchev–Trinajstić information content (AvgIpc) is 2.54. The van der Waals surface area contributed by atoms with Crippen LogP contribution in [0.1, 0.15) is 34.5 Å². The first-order valence-electron chi connectivity index (χ1n) is 7.84. The largest absolute Gasteiger partial charge is 0.346 e. The van der Waals surface area contributed by atoms with Gasteiger partial charge in [-0.25, -0.2) is 17.5 Å². The molecule has 0 spiro atoms. The highest BCUT2D eigenvalue weighted by Crippen LogP contribution is 2.14. The van der Waals surface area contributed by atoms with E-state index in [4.69, 9.17) is 0 Å². The molecule has 2 aromatic carbocycles. The number of sulfonamides is 1. The Labute approximate surface area is 147 Å². The Morgan fingerprint density at radius 1 is 1.16 bits per heavy atom. The van der Waals surface area contributed by atoms with Crippen LogP contribution in [0.2, 0.25) is 0 Å². The molecular weight excluding hydrogens is 343 g/mol. The smallest absolute Gasteiger partial charge is 0.251 e. The van der Waals surface area contributed by atoms with Crippen LogP contribution in [0, 0.1) is 5.82 Å². The topological polar surface area (TPSA) is 75.3 Å². The molecular formula is C18H21FN2O3S. The van der Waals surface area contributed by atoms with Gasteiger partial charge in [0.1, 0.15) is 5.82 Å². The summed E-state index contributed by atoms with van der Waals surface area (Å²) in [5.74, 6) is -0.594. The molecule has 0 aliphatic carbocycles. The number of amides is 1. The number of carbonyl (C=O) groups excluding carboxylic acids is 1. The zero-order valence-corrected chi connectivity index (χ0v) is 14.9. The van der Waals surface area contributed by atoms with Crippen LogP contribution < -0.4 is 10.0 Å². The molecule has 0 aliphatic heterocycles. The molecule has 0 fully saturated rings. The summed E-state index contributed by atoms with van der Waals surface area (Å²) in [5, 5.41) is 2.82. The lowest BCUT2D eigenvalue weighted by Crippen LogP contribution is -2.26. The molecule has 0 aromatic heterocycles. The normalized spacial score (nSPS) is 12.6. The van der Waals surface area contributed by atoms with E-state index >= 15 is 0 Å². The van der Waals surface area contributed by atoms with E-state index < -0.39 is 10.0 Å². The SMILES string of the molecule is C[C@H](NC(=O)c1ccc(CCNS(C)(=O)=O)cc1)c1cccc(F)c1. The highest BCUT2D eigenvalue weighted by atomic mass is 32.2. The van der Waals surface area contributed by atoms with E-state index in [0.29, 0.717) is 24.1 Å². The van der Waals surface area contributed by atoms with Gasteiger partial charge >= 0.3 is 0 Å². The lowest BCUT2D eigenvalue weighted by molar-refractivity contribution is 0.0940. The van der Waals surface area contributed by atoms with Crippen molar-refractivity contribution in [2.24, 2.45) is 0 Å². The maximum Gasteiger partial charge on any atom is 0.251 e. The van der Waals surface area contributed by atoms with Crippen LogP contribution in [0.15, 0.2) is 48.5 Å². The second kappa shape index (κ2) is 8.22. The molecule has 134 valence electrons. The molecule has 1 amide bonds. The van der Waals surface area contributed by atoms with E-state index in [2.05, 4.69) is 10.0 Å². The van der Waals surface area contributed by atoms with Gasteiger partial charge in [-0.05, 0) is 48.7 Å². The van der Waals surface area contributed by atoms with Crippen molar-refractivity contribution >= 4 is 15.9 Å². The van der Waals surface area contributed by atoms with Crippen LogP contribution in [0.5, 0.6) is 0 Å². The number of carbonyl (C=O) groups is 1. The van der Waals surface area contributed by atoms with Gasteiger partial charge < -0.3 is 5.32 Å². The van der Waals surface area contributed by atoms with Gasteiger partial charge in [0.2, 0.25) is 10.0 Å². The number of hydrogen-bond donors (Lipinski definition) is 2. The zero-order chi connectivity index (χ0) is 18.4. The van der Waals surface area contributed by atoms with Crippen LogP contribution in [0.4, 0.5) is 4.39 Å². The summed E-state index contributed by atoms with van der Waals surface area (Å²) in [6.45, 7) is 2.10. The zero-order valence-electron chi connectivity index (χ0n) is 14.1. The van der Waals surface area contributed by atoms with Crippen molar-refractivity contribution < 1.29 is 17.6 Å². The van der Waals surface area contributed by atoms with Gasteiger partial charge in [0.05, 0.1) is 12.3 Å². The summed E-state index contributed by atoms with van der Waals surface area (Å²) in [6, 6.07) is 12.7. The third-order valence-electron chi connectivity index (χ3n) is 3.69. The van der Waals surface area contributed by atoms with Crippen molar-refractivity contribution in [3.63, 3.8) is 0 Å². The summed E-state index contributed by atoms with van der Waals surface area (Å²) >= 11 is 0. The molecule has 0 saturated heterocycles. The first kappa shape index (κ1) is 19.1. The first-order chi connectivity index (χ1) is 11.7. The van der Waals surface area contributed by atoms with E-state index in [1.54, 1.807) is 43.3 Å². The van der Waals surface area contributed by atoms with Gasteiger partial charge in [-0.3, -0.25) is 4.79 Å². The van der Waals surface area contributed by atoms with Gasteiger partial charge in [-0.2, -0.15) is 0 Å². The molecule has 0 saturated carbocycles. The average molecular weight is 364 g/mol. The lowest BCUT2D eigenvalue weighted by atomic mass is 10.1. The van der Waals surface area contributed by atoms with E-state index in [-0.39, 0.29) is 17.8 Å². The van der Waals surface area contributed by atoms with Crippen LogP contribution in [0.25, 0.3) is 0 Å². The maximum absolute atomic E-state index is 13.3. The summed E-state index contributed by atoms with van der Waals surface area (Å²) in [4.78, 5) is 12.3. The second-order valence-electron chi connectivity index (χ2n) is 5.86. The van der Waals surface area contributed by atoms with Gasteiger partial charge in [-0.1, -0.05) is 24.3 Å². The Balaban J connectivity index is 1.93. The molecule has 0 radical (unpaired) electrons. The molecule has 1 atom stereocenters. The summed E-state index contributed by atoms with van der Waals surface area (Å²) in [7, 11) is -3.20. The summed E-state index contributed by atoms with van der Waals surface area (Å²) in [6.07, 6.45) is 1.65. The van der Waals surface area contributed by atoms with Crippen molar-refractivity contribution in [2.75, 3.05) is 12.8 Å². The van der Waals surface area contributed by atoms with Gasteiger partial charge in [0, 0.05) is 12.1 Å². The molecule has 0 heterocycles. The van der Waals surface area contributed by atoms with Crippen LogP contribution >= 0.6 is 0 Å². The minimum atomic E-state index is -3.20. The van der Waals surface area contributed by atoms with Gasteiger partial charge in [-0.15, -0.1) is 0 Å². The maximum atomic E-state index is 13.3. The van der Waals surface area contributed by atoms with E-state index in [1.807, 2.05) is 0 Å². The third-order valence-corrected chi connectivity index (χ3v) is 4.42. The van der Waals surface area contributed by atoms with Crippen LogP contribution in [0.3, 0.4) is 0 Å². The van der Waals surface area contributed by atoms with Crippen LogP contribution in [-0.2, 0) is 16.4 Å². The molecule has 2 N–H and O–H groups in total. The number of halogens is 1. The molecule has 7 heteroatoms. The molecule has 0 bridgehead atoms. The monoisotopic (exact) mass is 364 g/mol. The molecule has 5 nitrogen and oxygen atoms in total.